The number of hydrogen-bond acceptors (Lipinski definition) is 4. The van der Waals surface area contributed by atoms with Gasteiger partial charge in [-0.3, -0.25) is 4.79 Å². The van der Waals surface area contributed by atoms with Gasteiger partial charge in [-0.05, 0) is 25.5 Å². The molecular weight excluding hydrogens is 362 g/mol. The van der Waals surface area contributed by atoms with Gasteiger partial charge in [0.1, 0.15) is 23.1 Å². The molecule has 0 saturated heterocycles. The molecule has 0 fully saturated rings. The Morgan fingerprint density at radius 1 is 1.07 bits per heavy atom. The number of carbonyl (C=O) groups is 1. The molecule has 1 unspecified atom stereocenters. The largest absolute Gasteiger partial charge is 0.367 e. The van der Waals surface area contributed by atoms with Crippen LogP contribution in [-0.4, -0.2) is 21.9 Å². The number of benzene rings is 2. The molecule has 1 heterocycles. The Hall–Kier alpha value is -3.35. The third kappa shape index (κ3) is 4.68. The number of amides is 1. The number of halogens is 2. The molecule has 0 aliphatic heterocycles. The molecule has 3 rings (SSSR count). The zero-order valence-corrected chi connectivity index (χ0v) is 15.5. The van der Waals surface area contributed by atoms with Crippen LogP contribution in [0, 0.1) is 11.6 Å². The van der Waals surface area contributed by atoms with Gasteiger partial charge in [0.05, 0.1) is 5.69 Å². The lowest BCUT2D eigenvalue weighted by Gasteiger charge is -2.14. The van der Waals surface area contributed by atoms with Gasteiger partial charge in [0, 0.05) is 23.7 Å². The number of nitrogens with zero attached hydrogens (tertiary/aromatic N) is 2. The van der Waals surface area contributed by atoms with Crippen LogP contribution >= 0.6 is 0 Å². The van der Waals surface area contributed by atoms with E-state index in [1.807, 2.05) is 44.2 Å². The summed E-state index contributed by atoms with van der Waals surface area (Å²) in [6, 6.07) is 13.8. The normalized spacial score (nSPS) is 11.7. The zero-order valence-electron chi connectivity index (χ0n) is 15.5. The second-order valence-electron chi connectivity index (χ2n) is 6.36. The van der Waals surface area contributed by atoms with Gasteiger partial charge < -0.3 is 10.6 Å². The molecule has 0 radical (unpaired) electrons. The van der Waals surface area contributed by atoms with E-state index in [0.29, 0.717) is 17.7 Å². The van der Waals surface area contributed by atoms with Gasteiger partial charge >= 0.3 is 0 Å². The second-order valence-corrected chi connectivity index (χ2v) is 6.36. The van der Waals surface area contributed by atoms with Crippen molar-refractivity contribution in [2.45, 2.75) is 26.3 Å². The SMILES string of the molecule is CCC(C)Nc1cc(C(=O)Nc2ccc(F)cc2F)nc(-c2ccccc2)n1. The van der Waals surface area contributed by atoms with Gasteiger partial charge in [-0.2, -0.15) is 0 Å². The minimum Gasteiger partial charge on any atom is -0.367 e. The van der Waals surface area contributed by atoms with E-state index in [1.165, 1.54) is 12.1 Å². The lowest BCUT2D eigenvalue weighted by atomic mass is 10.2. The first-order valence-corrected chi connectivity index (χ1v) is 8.93. The highest BCUT2D eigenvalue weighted by Crippen LogP contribution is 2.20. The molecule has 7 heteroatoms. The number of anilines is 2. The summed E-state index contributed by atoms with van der Waals surface area (Å²) in [6.07, 6.45) is 0.868. The summed E-state index contributed by atoms with van der Waals surface area (Å²) in [4.78, 5) is 21.5. The summed E-state index contributed by atoms with van der Waals surface area (Å²) in [6.45, 7) is 4.03. The predicted molar refractivity (Wildman–Crippen MR) is 105 cm³/mol. The maximum atomic E-state index is 13.9. The van der Waals surface area contributed by atoms with Crippen LogP contribution in [0.1, 0.15) is 30.8 Å². The highest BCUT2D eigenvalue weighted by atomic mass is 19.1. The topological polar surface area (TPSA) is 66.9 Å². The van der Waals surface area contributed by atoms with E-state index in [4.69, 9.17) is 0 Å². The number of nitrogens with one attached hydrogen (secondary N) is 2. The van der Waals surface area contributed by atoms with Crippen LogP contribution < -0.4 is 10.6 Å². The highest BCUT2D eigenvalue weighted by Gasteiger charge is 2.16. The zero-order chi connectivity index (χ0) is 20.1. The minimum atomic E-state index is -0.858. The Bertz CT molecular complexity index is 979. The first-order valence-electron chi connectivity index (χ1n) is 8.93. The van der Waals surface area contributed by atoms with Crippen LogP contribution in [0.4, 0.5) is 20.3 Å². The molecule has 1 amide bonds. The van der Waals surface area contributed by atoms with Crippen LogP contribution in [0.2, 0.25) is 0 Å². The van der Waals surface area contributed by atoms with E-state index in [9.17, 15) is 13.6 Å². The monoisotopic (exact) mass is 382 g/mol. The molecule has 3 aromatic rings. The molecule has 1 atom stereocenters. The van der Waals surface area contributed by atoms with E-state index < -0.39 is 17.5 Å². The molecule has 0 saturated carbocycles. The second kappa shape index (κ2) is 8.56. The molecule has 0 spiro atoms. The third-order valence-corrected chi connectivity index (χ3v) is 4.18. The third-order valence-electron chi connectivity index (χ3n) is 4.18. The van der Waals surface area contributed by atoms with E-state index in [0.717, 1.165) is 18.1 Å². The van der Waals surface area contributed by atoms with Crippen molar-refractivity contribution in [3.05, 3.63) is 71.9 Å². The lowest BCUT2D eigenvalue weighted by molar-refractivity contribution is 0.102. The Balaban J connectivity index is 1.96. The van der Waals surface area contributed by atoms with Crippen molar-refractivity contribution >= 4 is 17.4 Å². The summed E-state index contributed by atoms with van der Waals surface area (Å²) in [7, 11) is 0. The molecular formula is C21H20F2N4O. The average molecular weight is 382 g/mol. The van der Waals surface area contributed by atoms with Crippen molar-refractivity contribution in [1.29, 1.82) is 0 Å². The van der Waals surface area contributed by atoms with Crippen molar-refractivity contribution < 1.29 is 13.6 Å². The fraction of sp³-hybridized carbons (Fsp3) is 0.190. The number of aromatic nitrogens is 2. The minimum absolute atomic E-state index is 0.0726. The van der Waals surface area contributed by atoms with E-state index in [-0.39, 0.29) is 17.4 Å². The van der Waals surface area contributed by atoms with Crippen LogP contribution in [-0.2, 0) is 0 Å². The Morgan fingerprint density at radius 2 is 1.82 bits per heavy atom. The summed E-state index contributed by atoms with van der Waals surface area (Å²) in [5.74, 6) is -1.32. The molecule has 5 nitrogen and oxygen atoms in total. The Kier molecular flexibility index (Phi) is 5.93. The summed E-state index contributed by atoms with van der Waals surface area (Å²) >= 11 is 0. The standard InChI is InChI=1S/C21H20F2N4O/c1-3-13(2)24-19-12-18(25-20(27-19)14-7-5-4-6-8-14)21(28)26-17-10-9-15(22)11-16(17)23/h4-13H,3H2,1-2H3,(H,26,28)(H,24,25,27). The lowest BCUT2D eigenvalue weighted by Crippen LogP contribution is -2.19. The summed E-state index contributed by atoms with van der Waals surface area (Å²) in [5.41, 5.74) is 0.698. The quantitative estimate of drug-likeness (QED) is 0.637. The van der Waals surface area contributed by atoms with Crippen molar-refractivity contribution in [3.63, 3.8) is 0 Å². The molecule has 2 aromatic carbocycles. The summed E-state index contributed by atoms with van der Waals surface area (Å²) < 4.78 is 26.9. The number of rotatable bonds is 6. The fourth-order valence-corrected chi connectivity index (χ4v) is 2.49. The molecule has 1 aromatic heterocycles. The van der Waals surface area contributed by atoms with E-state index >= 15 is 0 Å². The van der Waals surface area contributed by atoms with Gasteiger partial charge in [-0.25, -0.2) is 18.7 Å². The fourth-order valence-electron chi connectivity index (χ4n) is 2.49. The van der Waals surface area contributed by atoms with Crippen molar-refractivity contribution in [2.24, 2.45) is 0 Å². The van der Waals surface area contributed by atoms with Gasteiger partial charge in [-0.15, -0.1) is 0 Å². The highest BCUT2D eigenvalue weighted by molar-refractivity contribution is 6.03. The van der Waals surface area contributed by atoms with Crippen LogP contribution in [0.25, 0.3) is 11.4 Å². The van der Waals surface area contributed by atoms with E-state index in [2.05, 4.69) is 20.6 Å². The molecule has 0 aliphatic carbocycles. The Labute approximate surface area is 161 Å². The number of carbonyl (C=O) groups excluding carboxylic acids is 1. The van der Waals surface area contributed by atoms with Crippen molar-refractivity contribution in [3.8, 4) is 11.4 Å². The maximum absolute atomic E-state index is 13.9. The van der Waals surface area contributed by atoms with Gasteiger partial charge in [0.25, 0.3) is 5.91 Å². The van der Waals surface area contributed by atoms with Gasteiger partial charge in [0.2, 0.25) is 0 Å². The molecule has 144 valence electrons. The predicted octanol–water partition coefficient (Wildman–Crippen LogP) is 4.88. The first kappa shape index (κ1) is 19.4. The van der Waals surface area contributed by atoms with Crippen LogP contribution in [0.5, 0.6) is 0 Å². The average Bonchev–Trinajstić information content (AvgIpc) is 2.70. The smallest absolute Gasteiger partial charge is 0.274 e. The van der Waals surface area contributed by atoms with Crippen LogP contribution in [0.3, 0.4) is 0 Å². The maximum Gasteiger partial charge on any atom is 0.274 e. The number of hydrogen-bond donors (Lipinski definition) is 2. The molecule has 28 heavy (non-hydrogen) atoms. The van der Waals surface area contributed by atoms with Gasteiger partial charge in [0.15, 0.2) is 5.82 Å². The van der Waals surface area contributed by atoms with Crippen molar-refractivity contribution in [1.82, 2.24) is 9.97 Å². The van der Waals surface area contributed by atoms with E-state index in [1.54, 1.807) is 0 Å². The molecule has 0 aliphatic rings. The first-order chi connectivity index (χ1) is 13.5. The molecule has 2 N–H and O–H groups in total. The Morgan fingerprint density at radius 3 is 2.50 bits per heavy atom. The van der Waals surface area contributed by atoms with Crippen molar-refractivity contribution in [2.75, 3.05) is 10.6 Å². The summed E-state index contributed by atoms with van der Waals surface area (Å²) in [5, 5.41) is 5.65. The molecule has 0 bridgehead atoms. The van der Waals surface area contributed by atoms with Crippen LogP contribution in [0.15, 0.2) is 54.6 Å². The van der Waals surface area contributed by atoms with Gasteiger partial charge in [-0.1, -0.05) is 37.3 Å².